The summed E-state index contributed by atoms with van der Waals surface area (Å²) in [5.74, 6) is 0. The monoisotopic (exact) mass is 178 g/mol. The van der Waals surface area contributed by atoms with Crippen LogP contribution in [0.1, 0.15) is 5.56 Å². The Morgan fingerprint density at radius 2 is 2.15 bits per heavy atom. The van der Waals surface area contributed by atoms with Crippen LogP contribution < -0.4 is 10.8 Å². The van der Waals surface area contributed by atoms with E-state index in [4.69, 9.17) is 15.5 Å². The van der Waals surface area contributed by atoms with E-state index in [0.717, 1.165) is 11.9 Å². The van der Waals surface area contributed by atoms with Gasteiger partial charge in [0.1, 0.15) is 0 Å². The Bertz CT molecular complexity index is 315. The minimum Gasteiger partial charge on any atom is -0.423 e. The summed E-state index contributed by atoms with van der Waals surface area (Å²) in [5.41, 5.74) is 1.81. The Labute approximate surface area is 76.9 Å². The standard InChI is InChI=1S/C8H11BN2O2/c1-11-8-3-2-7(9(12)13)4-6(8)5-10/h2-5,10-13H,1H3. The fourth-order valence-electron chi connectivity index (χ4n) is 1.09. The van der Waals surface area contributed by atoms with E-state index in [9.17, 15) is 0 Å². The second-order valence-electron chi connectivity index (χ2n) is 2.61. The van der Waals surface area contributed by atoms with E-state index in [-0.39, 0.29) is 0 Å². The molecule has 0 aliphatic rings. The van der Waals surface area contributed by atoms with E-state index in [0.29, 0.717) is 11.0 Å². The molecule has 0 saturated carbocycles. The zero-order valence-electron chi connectivity index (χ0n) is 7.28. The van der Waals surface area contributed by atoms with Gasteiger partial charge >= 0.3 is 7.12 Å². The molecule has 0 atom stereocenters. The summed E-state index contributed by atoms with van der Waals surface area (Å²) < 4.78 is 0. The SMILES string of the molecule is CNc1ccc(B(O)O)cc1C=N. The number of hydrogen-bond donors (Lipinski definition) is 4. The second-order valence-corrected chi connectivity index (χ2v) is 2.61. The number of rotatable bonds is 3. The molecule has 0 unspecified atom stereocenters. The molecule has 0 fully saturated rings. The molecule has 0 saturated heterocycles. The molecule has 0 aromatic heterocycles. The molecule has 4 nitrogen and oxygen atoms in total. The first-order valence-electron chi connectivity index (χ1n) is 3.87. The highest BCUT2D eigenvalue weighted by molar-refractivity contribution is 6.58. The average molecular weight is 178 g/mol. The Balaban J connectivity index is 3.13. The van der Waals surface area contributed by atoms with Crippen molar-refractivity contribution in [1.82, 2.24) is 0 Å². The topological polar surface area (TPSA) is 76.3 Å². The van der Waals surface area contributed by atoms with Crippen LogP contribution in [0.3, 0.4) is 0 Å². The van der Waals surface area contributed by atoms with Gasteiger partial charge in [0.25, 0.3) is 0 Å². The lowest BCUT2D eigenvalue weighted by molar-refractivity contribution is 0.426. The summed E-state index contributed by atoms with van der Waals surface area (Å²) in [6.45, 7) is 0. The van der Waals surface area contributed by atoms with Crippen LogP contribution in [0.25, 0.3) is 0 Å². The first-order chi connectivity index (χ1) is 6.19. The second kappa shape index (κ2) is 4.07. The summed E-state index contributed by atoms with van der Waals surface area (Å²) >= 11 is 0. The fourth-order valence-corrected chi connectivity index (χ4v) is 1.09. The molecule has 1 rings (SSSR count). The van der Waals surface area contributed by atoms with Crippen molar-refractivity contribution in [3.8, 4) is 0 Å². The van der Waals surface area contributed by atoms with Gasteiger partial charge in [-0.05, 0) is 11.5 Å². The van der Waals surface area contributed by atoms with Gasteiger partial charge in [-0.3, -0.25) is 0 Å². The maximum Gasteiger partial charge on any atom is 0.488 e. The maximum absolute atomic E-state index is 8.87. The van der Waals surface area contributed by atoms with Gasteiger partial charge in [0.15, 0.2) is 0 Å². The molecule has 0 spiro atoms. The molecule has 0 radical (unpaired) electrons. The van der Waals surface area contributed by atoms with Crippen molar-refractivity contribution >= 4 is 24.5 Å². The Hall–Kier alpha value is -1.33. The van der Waals surface area contributed by atoms with E-state index >= 15 is 0 Å². The van der Waals surface area contributed by atoms with Gasteiger partial charge in [0.2, 0.25) is 0 Å². The van der Waals surface area contributed by atoms with Crippen LogP contribution in [0.4, 0.5) is 5.69 Å². The molecule has 1 aromatic carbocycles. The fraction of sp³-hybridized carbons (Fsp3) is 0.125. The zero-order chi connectivity index (χ0) is 9.84. The largest absolute Gasteiger partial charge is 0.488 e. The molecule has 4 N–H and O–H groups in total. The number of nitrogens with one attached hydrogen (secondary N) is 2. The summed E-state index contributed by atoms with van der Waals surface area (Å²) in [6.07, 6.45) is 1.16. The van der Waals surface area contributed by atoms with Crippen molar-refractivity contribution in [1.29, 1.82) is 5.41 Å². The average Bonchev–Trinajstić information content (AvgIpc) is 2.16. The van der Waals surface area contributed by atoms with Crippen LogP contribution in [0.5, 0.6) is 0 Å². The van der Waals surface area contributed by atoms with E-state index in [2.05, 4.69) is 5.32 Å². The van der Waals surface area contributed by atoms with Gasteiger partial charge in [-0.2, -0.15) is 0 Å². The van der Waals surface area contributed by atoms with Gasteiger partial charge in [-0.25, -0.2) is 0 Å². The molecule has 0 amide bonds. The predicted molar refractivity (Wildman–Crippen MR) is 53.7 cm³/mol. The normalized spacial score (nSPS) is 9.46. The molecule has 13 heavy (non-hydrogen) atoms. The first kappa shape index (κ1) is 9.76. The molecule has 0 bridgehead atoms. The zero-order valence-corrected chi connectivity index (χ0v) is 7.28. The highest BCUT2D eigenvalue weighted by atomic mass is 16.4. The summed E-state index contributed by atoms with van der Waals surface area (Å²) in [7, 11) is 0.266. The summed E-state index contributed by atoms with van der Waals surface area (Å²) in [4.78, 5) is 0. The molecule has 0 heterocycles. The van der Waals surface area contributed by atoms with Crippen molar-refractivity contribution in [2.45, 2.75) is 0 Å². The number of hydrogen-bond acceptors (Lipinski definition) is 4. The minimum atomic E-state index is -1.48. The lowest BCUT2D eigenvalue weighted by Crippen LogP contribution is -2.30. The van der Waals surface area contributed by atoms with E-state index < -0.39 is 7.12 Å². The molecule has 0 aliphatic carbocycles. The molecular formula is C8H11BN2O2. The molecule has 1 aromatic rings. The van der Waals surface area contributed by atoms with Gasteiger partial charge in [0, 0.05) is 24.5 Å². The van der Waals surface area contributed by atoms with Crippen molar-refractivity contribution in [2.24, 2.45) is 0 Å². The van der Waals surface area contributed by atoms with Gasteiger partial charge in [0.05, 0.1) is 0 Å². The maximum atomic E-state index is 8.87. The highest BCUT2D eigenvalue weighted by Crippen LogP contribution is 2.09. The molecule has 5 heteroatoms. The first-order valence-corrected chi connectivity index (χ1v) is 3.87. The Morgan fingerprint density at radius 1 is 1.46 bits per heavy atom. The number of benzene rings is 1. The lowest BCUT2D eigenvalue weighted by atomic mass is 9.79. The van der Waals surface area contributed by atoms with Crippen LogP contribution in [0, 0.1) is 5.41 Å². The van der Waals surface area contributed by atoms with Crippen molar-refractivity contribution in [3.05, 3.63) is 23.8 Å². The van der Waals surface area contributed by atoms with Crippen LogP contribution in [-0.4, -0.2) is 30.4 Å². The minimum absolute atomic E-state index is 0.387. The van der Waals surface area contributed by atoms with Gasteiger partial charge in [-0.1, -0.05) is 12.1 Å². The van der Waals surface area contributed by atoms with E-state index in [1.165, 1.54) is 0 Å². The smallest absolute Gasteiger partial charge is 0.423 e. The van der Waals surface area contributed by atoms with Crippen LogP contribution in [0.2, 0.25) is 0 Å². The number of anilines is 1. The van der Waals surface area contributed by atoms with Gasteiger partial charge in [-0.15, -0.1) is 0 Å². The third-order valence-corrected chi connectivity index (χ3v) is 1.80. The predicted octanol–water partition coefficient (Wildman–Crippen LogP) is -0.594. The van der Waals surface area contributed by atoms with Crippen LogP contribution >= 0.6 is 0 Å². The third-order valence-electron chi connectivity index (χ3n) is 1.80. The third kappa shape index (κ3) is 2.08. The van der Waals surface area contributed by atoms with Crippen molar-refractivity contribution in [3.63, 3.8) is 0 Å². The van der Waals surface area contributed by atoms with Gasteiger partial charge < -0.3 is 20.8 Å². The van der Waals surface area contributed by atoms with E-state index in [1.807, 2.05) is 0 Å². The summed E-state index contributed by atoms with van der Waals surface area (Å²) in [5, 5.41) is 27.7. The quantitative estimate of drug-likeness (QED) is 0.369. The summed E-state index contributed by atoms with van der Waals surface area (Å²) in [6, 6.07) is 4.86. The Morgan fingerprint density at radius 3 is 2.62 bits per heavy atom. The van der Waals surface area contributed by atoms with Crippen LogP contribution in [0.15, 0.2) is 18.2 Å². The molecule has 0 aliphatic heterocycles. The lowest BCUT2D eigenvalue weighted by Gasteiger charge is -2.06. The van der Waals surface area contributed by atoms with Crippen LogP contribution in [-0.2, 0) is 0 Å². The molecular weight excluding hydrogens is 167 g/mol. The molecule has 68 valence electrons. The van der Waals surface area contributed by atoms with Crippen molar-refractivity contribution in [2.75, 3.05) is 12.4 Å². The Kier molecular flexibility index (Phi) is 3.05. The van der Waals surface area contributed by atoms with E-state index in [1.54, 1.807) is 25.2 Å². The van der Waals surface area contributed by atoms with Crippen molar-refractivity contribution < 1.29 is 10.0 Å². The highest BCUT2D eigenvalue weighted by Gasteiger charge is 2.11.